The molecule has 2 aromatic rings. The summed E-state index contributed by atoms with van der Waals surface area (Å²) >= 11 is 0. The van der Waals surface area contributed by atoms with Gasteiger partial charge in [-0.2, -0.15) is 0 Å². The highest BCUT2D eigenvalue weighted by molar-refractivity contribution is 5.20. The highest BCUT2D eigenvalue weighted by Gasteiger charge is 2.13. The van der Waals surface area contributed by atoms with Gasteiger partial charge in [0.05, 0.1) is 6.10 Å². The Hall–Kier alpha value is -1.78. The Kier molecular flexibility index (Phi) is 4.82. The monoisotopic (exact) mass is 277 g/mol. The molecule has 0 heterocycles. The highest BCUT2D eigenvalue weighted by atomic mass is 19.1. The summed E-state index contributed by atoms with van der Waals surface area (Å²) in [5, 5.41) is 10.0. The van der Waals surface area contributed by atoms with E-state index in [9.17, 15) is 13.9 Å². The number of rotatable bonds is 5. The zero-order chi connectivity index (χ0) is 14.5. The lowest BCUT2D eigenvalue weighted by atomic mass is 10.1. The van der Waals surface area contributed by atoms with Gasteiger partial charge in [0, 0.05) is 19.2 Å². The molecule has 2 aromatic carbocycles. The van der Waals surface area contributed by atoms with Gasteiger partial charge < -0.3 is 5.11 Å². The van der Waals surface area contributed by atoms with Gasteiger partial charge in [-0.05, 0) is 30.3 Å². The minimum Gasteiger partial charge on any atom is -0.387 e. The van der Waals surface area contributed by atoms with Gasteiger partial charge in [-0.3, -0.25) is 4.90 Å². The molecule has 1 N–H and O–H groups in total. The van der Waals surface area contributed by atoms with Gasteiger partial charge in [-0.15, -0.1) is 0 Å². The van der Waals surface area contributed by atoms with E-state index in [-0.39, 0.29) is 5.56 Å². The maximum atomic E-state index is 13.1. The number of halogens is 2. The van der Waals surface area contributed by atoms with Crippen LogP contribution >= 0.6 is 0 Å². The van der Waals surface area contributed by atoms with Crippen LogP contribution in [0.15, 0.2) is 48.5 Å². The van der Waals surface area contributed by atoms with Gasteiger partial charge in [-0.1, -0.05) is 30.3 Å². The van der Waals surface area contributed by atoms with Crippen LogP contribution in [-0.4, -0.2) is 23.6 Å². The van der Waals surface area contributed by atoms with Crippen LogP contribution in [0.4, 0.5) is 8.78 Å². The molecule has 0 saturated carbocycles. The van der Waals surface area contributed by atoms with Gasteiger partial charge in [-0.25, -0.2) is 8.78 Å². The van der Waals surface area contributed by atoms with E-state index < -0.39 is 17.7 Å². The zero-order valence-corrected chi connectivity index (χ0v) is 11.3. The maximum absolute atomic E-state index is 13.1. The molecule has 1 atom stereocenters. The summed E-state index contributed by atoms with van der Waals surface area (Å²) < 4.78 is 26.2. The topological polar surface area (TPSA) is 23.5 Å². The number of hydrogen-bond donors (Lipinski definition) is 1. The lowest BCUT2D eigenvalue weighted by Gasteiger charge is -2.21. The maximum Gasteiger partial charge on any atom is 0.126 e. The van der Waals surface area contributed by atoms with E-state index in [1.165, 1.54) is 0 Å². The van der Waals surface area contributed by atoms with Crippen LogP contribution < -0.4 is 0 Å². The first kappa shape index (κ1) is 14.6. The summed E-state index contributed by atoms with van der Waals surface area (Å²) in [5.41, 5.74) is 1.37. The third-order valence-corrected chi connectivity index (χ3v) is 3.05. The van der Waals surface area contributed by atoms with Crippen molar-refractivity contribution in [2.24, 2.45) is 0 Å². The number of benzene rings is 2. The van der Waals surface area contributed by atoms with E-state index in [4.69, 9.17) is 0 Å². The van der Waals surface area contributed by atoms with Gasteiger partial charge >= 0.3 is 0 Å². The first-order valence-corrected chi connectivity index (χ1v) is 6.41. The van der Waals surface area contributed by atoms with E-state index in [2.05, 4.69) is 0 Å². The largest absolute Gasteiger partial charge is 0.387 e. The molecule has 0 unspecified atom stereocenters. The fraction of sp³-hybridized carbons (Fsp3) is 0.250. The predicted octanol–water partition coefficient (Wildman–Crippen LogP) is 3.13. The predicted molar refractivity (Wildman–Crippen MR) is 74.1 cm³/mol. The van der Waals surface area contributed by atoms with Crippen molar-refractivity contribution in [1.82, 2.24) is 4.90 Å². The summed E-state index contributed by atoms with van der Waals surface area (Å²) in [6.07, 6.45) is -0.922. The van der Waals surface area contributed by atoms with Crippen LogP contribution in [0.2, 0.25) is 0 Å². The molecular formula is C16H17F2NO. The fourth-order valence-electron chi connectivity index (χ4n) is 2.13. The average molecular weight is 277 g/mol. The minimum absolute atomic E-state index is 0.252. The van der Waals surface area contributed by atoms with Crippen LogP contribution in [0.5, 0.6) is 0 Å². The molecule has 0 saturated heterocycles. The summed E-state index contributed by atoms with van der Waals surface area (Å²) in [6.45, 7) is 0.966. The lowest BCUT2D eigenvalue weighted by molar-refractivity contribution is 0.123. The second kappa shape index (κ2) is 6.59. The van der Waals surface area contributed by atoms with Crippen LogP contribution in [0.1, 0.15) is 17.2 Å². The van der Waals surface area contributed by atoms with Crippen molar-refractivity contribution in [3.05, 3.63) is 71.3 Å². The SMILES string of the molecule is CN(Cc1ccccc1)C[C@@H](O)c1cc(F)cc(F)c1. The molecule has 0 aromatic heterocycles. The molecule has 0 aliphatic heterocycles. The van der Waals surface area contributed by atoms with Crippen molar-refractivity contribution in [2.45, 2.75) is 12.6 Å². The Morgan fingerprint density at radius 1 is 1.05 bits per heavy atom. The smallest absolute Gasteiger partial charge is 0.126 e. The third kappa shape index (κ3) is 4.11. The molecule has 4 heteroatoms. The van der Waals surface area contributed by atoms with Crippen molar-refractivity contribution in [3.63, 3.8) is 0 Å². The minimum atomic E-state index is -0.922. The second-order valence-electron chi connectivity index (χ2n) is 4.90. The van der Waals surface area contributed by atoms with Crippen LogP contribution in [-0.2, 0) is 6.54 Å². The van der Waals surface area contributed by atoms with Gasteiger partial charge in [0.1, 0.15) is 11.6 Å². The summed E-state index contributed by atoms with van der Waals surface area (Å²) in [7, 11) is 1.85. The van der Waals surface area contributed by atoms with Gasteiger partial charge in [0.2, 0.25) is 0 Å². The second-order valence-corrected chi connectivity index (χ2v) is 4.90. The van der Waals surface area contributed by atoms with E-state index in [1.807, 2.05) is 42.3 Å². The molecule has 2 rings (SSSR count). The van der Waals surface area contributed by atoms with Crippen molar-refractivity contribution in [1.29, 1.82) is 0 Å². The van der Waals surface area contributed by atoms with E-state index in [1.54, 1.807) is 0 Å². The van der Waals surface area contributed by atoms with Gasteiger partial charge in [0.15, 0.2) is 0 Å². The molecule has 0 aliphatic rings. The molecule has 0 fully saturated rings. The third-order valence-electron chi connectivity index (χ3n) is 3.05. The molecule has 0 spiro atoms. The summed E-state index contributed by atoms with van der Waals surface area (Å²) in [6, 6.07) is 12.9. The van der Waals surface area contributed by atoms with E-state index in [0.717, 1.165) is 23.8 Å². The molecule has 0 aliphatic carbocycles. The van der Waals surface area contributed by atoms with Crippen LogP contribution in [0.25, 0.3) is 0 Å². The summed E-state index contributed by atoms with van der Waals surface area (Å²) in [4.78, 5) is 1.91. The van der Waals surface area contributed by atoms with E-state index in [0.29, 0.717) is 13.1 Å². The Morgan fingerprint density at radius 2 is 1.65 bits per heavy atom. The number of likely N-dealkylation sites (N-methyl/N-ethyl adjacent to an activating group) is 1. The first-order chi connectivity index (χ1) is 9.54. The Balaban J connectivity index is 1.98. The van der Waals surface area contributed by atoms with Crippen LogP contribution in [0, 0.1) is 11.6 Å². The number of aliphatic hydroxyl groups is 1. The lowest BCUT2D eigenvalue weighted by Crippen LogP contribution is -2.24. The first-order valence-electron chi connectivity index (χ1n) is 6.41. The molecular weight excluding hydrogens is 260 g/mol. The Bertz CT molecular complexity index is 539. The standard InChI is InChI=1S/C16H17F2NO/c1-19(10-12-5-3-2-4-6-12)11-16(20)13-7-14(17)9-15(18)8-13/h2-9,16,20H,10-11H2,1H3/t16-/m1/s1. The molecule has 2 nitrogen and oxygen atoms in total. The number of aliphatic hydroxyl groups excluding tert-OH is 1. The molecule has 106 valence electrons. The molecule has 0 bridgehead atoms. The quantitative estimate of drug-likeness (QED) is 0.907. The van der Waals surface area contributed by atoms with Crippen molar-refractivity contribution in [2.75, 3.05) is 13.6 Å². The zero-order valence-electron chi connectivity index (χ0n) is 11.3. The average Bonchev–Trinajstić information content (AvgIpc) is 2.38. The van der Waals surface area contributed by atoms with Crippen molar-refractivity contribution < 1.29 is 13.9 Å². The molecule has 0 amide bonds. The fourth-order valence-corrected chi connectivity index (χ4v) is 2.13. The van der Waals surface area contributed by atoms with Crippen molar-refractivity contribution >= 4 is 0 Å². The number of nitrogens with zero attached hydrogens (tertiary/aromatic N) is 1. The van der Waals surface area contributed by atoms with E-state index >= 15 is 0 Å². The highest BCUT2D eigenvalue weighted by Crippen LogP contribution is 2.17. The van der Waals surface area contributed by atoms with Gasteiger partial charge in [0.25, 0.3) is 0 Å². The Morgan fingerprint density at radius 3 is 2.25 bits per heavy atom. The Labute approximate surface area is 117 Å². The normalized spacial score (nSPS) is 12.7. The number of hydrogen-bond acceptors (Lipinski definition) is 2. The molecule has 20 heavy (non-hydrogen) atoms. The summed E-state index contributed by atoms with van der Waals surface area (Å²) in [5.74, 6) is -1.35. The van der Waals surface area contributed by atoms with Crippen molar-refractivity contribution in [3.8, 4) is 0 Å². The molecule has 0 radical (unpaired) electrons. The van der Waals surface area contributed by atoms with Crippen LogP contribution in [0.3, 0.4) is 0 Å².